The van der Waals surface area contributed by atoms with Gasteiger partial charge in [0.2, 0.25) is 5.91 Å². The van der Waals surface area contributed by atoms with E-state index in [9.17, 15) is 4.79 Å². The zero-order valence-corrected chi connectivity index (χ0v) is 11.1. The summed E-state index contributed by atoms with van der Waals surface area (Å²) in [4.78, 5) is 16.3. The van der Waals surface area contributed by atoms with Gasteiger partial charge in [0, 0.05) is 11.3 Å². The summed E-state index contributed by atoms with van der Waals surface area (Å²) in [7, 11) is 0. The van der Waals surface area contributed by atoms with Crippen LogP contribution in [0.4, 0.5) is 0 Å². The number of nitrogens with one attached hydrogen (secondary N) is 2. The normalized spacial score (nSPS) is 17.5. The van der Waals surface area contributed by atoms with Gasteiger partial charge in [0.05, 0.1) is 17.2 Å². The van der Waals surface area contributed by atoms with Crippen LogP contribution in [0.3, 0.4) is 0 Å². The Kier molecular flexibility index (Phi) is 4.12. The minimum Gasteiger partial charge on any atom is -0.350 e. The van der Waals surface area contributed by atoms with E-state index in [1.54, 1.807) is 11.3 Å². The van der Waals surface area contributed by atoms with Crippen molar-refractivity contribution in [2.45, 2.75) is 26.8 Å². The summed E-state index contributed by atoms with van der Waals surface area (Å²) in [5.41, 5.74) is 0.971. The van der Waals surface area contributed by atoms with Crippen LogP contribution in [-0.2, 0) is 17.8 Å². The molecule has 2 rings (SSSR count). The van der Waals surface area contributed by atoms with E-state index in [0.717, 1.165) is 30.2 Å². The maximum Gasteiger partial charge on any atom is 0.223 e. The highest BCUT2D eigenvalue weighted by molar-refractivity contribution is 7.09. The number of hydrogen-bond donors (Lipinski definition) is 2. The second kappa shape index (κ2) is 5.60. The maximum absolute atomic E-state index is 11.9. The van der Waals surface area contributed by atoms with Gasteiger partial charge in [-0.3, -0.25) is 4.79 Å². The first-order chi connectivity index (χ1) is 8.20. The predicted octanol–water partition coefficient (Wildman–Crippen LogP) is 1.18. The highest BCUT2D eigenvalue weighted by Crippen LogP contribution is 2.16. The van der Waals surface area contributed by atoms with Crippen LogP contribution in [0, 0.1) is 11.8 Å². The number of hydrogen-bond acceptors (Lipinski definition) is 4. The molecule has 2 N–H and O–H groups in total. The molecule has 1 atom stereocenters. The van der Waals surface area contributed by atoms with Gasteiger partial charge < -0.3 is 10.6 Å². The fourth-order valence-corrected chi connectivity index (χ4v) is 2.55. The van der Waals surface area contributed by atoms with Gasteiger partial charge >= 0.3 is 0 Å². The summed E-state index contributed by atoms with van der Waals surface area (Å²) in [5.74, 6) is 0.736. The molecule has 2 heterocycles. The summed E-state index contributed by atoms with van der Waals surface area (Å²) in [6.45, 7) is 6.57. The lowest BCUT2D eigenvalue weighted by molar-refractivity contribution is -0.126. The second-order valence-corrected chi connectivity index (χ2v) is 5.45. The van der Waals surface area contributed by atoms with Gasteiger partial charge in [-0.2, -0.15) is 0 Å². The number of thiazole rings is 1. The van der Waals surface area contributed by atoms with Gasteiger partial charge in [0.1, 0.15) is 0 Å². The highest BCUT2D eigenvalue weighted by Gasteiger charge is 2.28. The molecule has 0 aliphatic carbocycles. The molecule has 4 nitrogen and oxygen atoms in total. The largest absolute Gasteiger partial charge is 0.350 e. The quantitative estimate of drug-likeness (QED) is 0.828. The van der Waals surface area contributed by atoms with Gasteiger partial charge in [-0.05, 0) is 25.4 Å². The van der Waals surface area contributed by atoms with E-state index in [-0.39, 0.29) is 11.8 Å². The molecule has 1 aromatic rings. The zero-order valence-electron chi connectivity index (χ0n) is 10.3. The van der Waals surface area contributed by atoms with Crippen LogP contribution < -0.4 is 10.6 Å². The number of rotatable bonds is 5. The van der Waals surface area contributed by atoms with Crippen LogP contribution in [0.25, 0.3) is 0 Å². The van der Waals surface area contributed by atoms with Crippen molar-refractivity contribution < 1.29 is 4.79 Å². The van der Waals surface area contributed by atoms with E-state index < -0.39 is 0 Å². The van der Waals surface area contributed by atoms with Crippen molar-refractivity contribution >= 4 is 17.2 Å². The SMILES string of the molecule is CCc1nc(CNC(=O)C(C)C2CNC2)cs1. The number of aryl methyl sites for hydroxylation is 1. The van der Waals surface area contributed by atoms with Crippen LogP contribution >= 0.6 is 11.3 Å². The summed E-state index contributed by atoms with van der Waals surface area (Å²) >= 11 is 1.66. The summed E-state index contributed by atoms with van der Waals surface area (Å²) < 4.78 is 0. The zero-order chi connectivity index (χ0) is 12.3. The number of aromatic nitrogens is 1. The number of nitrogens with zero attached hydrogens (tertiary/aromatic N) is 1. The Hall–Kier alpha value is -0.940. The molecule has 1 saturated heterocycles. The van der Waals surface area contributed by atoms with Crippen LogP contribution in [0.15, 0.2) is 5.38 Å². The first-order valence-electron chi connectivity index (χ1n) is 6.12. The lowest BCUT2D eigenvalue weighted by atomic mass is 9.88. The van der Waals surface area contributed by atoms with E-state index >= 15 is 0 Å². The van der Waals surface area contributed by atoms with E-state index in [2.05, 4.69) is 22.5 Å². The number of carbonyl (C=O) groups excluding carboxylic acids is 1. The third-order valence-electron chi connectivity index (χ3n) is 3.28. The molecule has 0 bridgehead atoms. The first-order valence-corrected chi connectivity index (χ1v) is 7.00. The minimum atomic E-state index is 0.0977. The molecular formula is C12H19N3OS. The Labute approximate surface area is 106 Å². The molecule has 94 valence electrons. The average molecular weight is 253 g/mol. The molecule has 0 saturated carbocycles. The molecule has 1 aliphatic rings. The van der Waals surface area contributed by atoms with Crippen molar-refractivity contribution in [2.75, 3.05) is 13.1 Å². The molecule has 1 aliphatic heterocycles. The second-order valence-electron chi connectivity index (χ2n) is 4.51. The van der Waals surface area contributed by atoms with Gasteiger partial charge in [0.25, 0.3) is 0 Å². The Bertz CT molecular complexity index is 387. The summed E-state index contributed by atoms with van der Waals surface area (Å²) in [6.07, 6.45) is 0.961. The molecule has 0 aromatic carbocycles. The molecule has 0 spiro atoms. The van der Waals surface area contributed by atoms with Crippen LogP contribution in [-0.4, -0.2) is 24.0 Å². The van der Waals surface area contributed by atoms with Crippen molar-refractivity contribution in [1.29, 1.82) is 0 Å². The fourth-order valence-electron chi connectivity index (χ4n) is 1.81. The van der Waals surface area contributed by atoms with E-state index in [0.29, 0.717) is 12.5 Å². The molecule has 0 radical (unpaired) electrons. The van der Waals surface area contributed by atoms with Crippen LogP contribution in [0.1, 0.15) is 24.5 Å². The lowest BCUT2D eigenvalue weighted by Gasteiger charge is -2.31. The van der Waals surface area contributed by atoms with Crippen LogP contribution in [0.2, 0.25) is 0 Å². The average Bonchev–Trinajstić information content (AvgIpc) is 2.71. The molecule has 1 aromatic heterocycles. The molecule has 17 heavy (non-hydrogen) atoms. The molecular weight excluding hydrogens is 234 g/mol. The van der Waals surface area contributed by atoms with Gasteiger partial charge in [-0.1, -0.05) is 13.8 Å². The summed E-state index contributed by atoms with van der Waals surface area (Å²) in [6, 6.07) is 0. The van der Waals surface area contributed by atoms with Crippen molar-refractivity contribution in [1.82, 2.24) is 15.6 Å². The van der Waals surface area contributed by atoms with E-state index in [1.807, 2.05) is 12.3 Å². The third-order valence-corrected chi connectivity index (χ3v) is 4.32. The number of carbonyl (C=O) groups is 1. The lowest BCUT2D eigenvalue weighted by Crippen LogP contribution is -2.49. The maximum atomic E-state index is 11.9. The third kappa shape index (κ3) is 3.04. The Morgan fingerprint density at radius 2 is 2.47 bits per heavy atom. The van der Waals surface area contributed by atoms with E-state index in [1.165, 1.54) is 0 Å². The van der Waals surface area contributed by atoms with Crippen molar-refractivity contribution in [3.05, 3.63) is 16.1 Å². The van der Waals surface area contributed by atoms with Gasteiger partial charge in [-0.25, -0.2) is 4.98 Å². The summed E-state index contributed by atoms with van der Waals surface area (Å²) in [5, 5.41) is 9.31. The molecule has 1 unspecified atom stereocenters. The monoisotopic (exact) mass is 253 g/mol. The Morgan fingerprint density at radius 3 is 3.00 bits per heavy atom. The van der Waals surface area contributed by atoms with Gasteiger partial charge in [-0.15, -0.1) is 11.3 Å². The smallest absolute Gasteiger partial charge is 0.223 e. The minimum absolute atomic E-state index is 0.0977. The molecule has 1 amide bonds. The topological polar surface area (TPSA) is 54.0 Å². The molecule has 1 fully saturated rings. The Balaban J connectivity index is 1.78. The highest BCUT2D eigenvalue weighted by atomic mass is 32.1. The standard InChI is InChI=1S/C12H19N3OS/c1-3-11-15-10(7-17-11)6-14-12(16)8(2)9-4-13-5-9/h7-9,13H,3-6H2,1-2H3,(H,14,16). The van der Waals surface area contributed by atoms with Crippen LogP contribution in [0.5, 0.6) is 0 Å². The first kappa shape index (κ1) is 12.5. The number of amides is 1. The van der Waals surface area contributed by atoms with Gasteiger partial charge in [0.15, 0.2) is 0 Å². The van der Waals surface area contributed by atoms with E-state index in [4.69, 9.17) is 0 Å². The van der Waals surface area contributed by atoms with Crippen molar-refractivity contribution in [3.63, 3.8) is 0 Å². The van der Waals surface area contributed by atoms with Crippen molar-refractivity contribution in [3.8, 4) is 0 Å². The molecule has 5 heteroatoms. The Morgan fingerprint density at radius 1 is 1.71 bits per heavy atom. The predicted molar refractivity (Wildman–Crippen MR) is 68.9 cm³/mol. The fraction of sp³-hybridized carbons (Fsp3) is 0.667. The van der Waals surface area contributed by atoms with Crippen molar-refractivity contribution in [2.24, 2.45) is 11.8 Å².